The van der Waals surface area contributed by atoms with Crippen LogP contribution < -0.4 is 9.47 Å². The first kappa shape index (κ1) is 25.1. The summed E-state index contributed by atoms with van der Waals surface area (Å²) in [4.78, 5) is 19.9. The summed E-state index contributed by atoms with van der Waals surface area (Å²) in [5.74, 6) is 1.42. The molecular weight excluding hydrogens is 449 g/mol. The van der Waals surface area contributed by atoms with Gasteiger partial charge in [0, 0.05) is 37.7 Å². The van der Waals surface area contributed by atoms with Crippen LogP contribution in [0.15, 0.2) is 36.4 Å². The van der Waals surface area contributed by atoms with Crippen molar-refractivity contribution in [2.24, 2.45) is 5.92 Å². The van der Waals surface area contributed by atoms with E-state index in [9.17, 15) is 9.18 Å². The fraction of sp³-hybridized carbons (Fsp3) is 0.481. The highest BCUT2D eigenvalue weighted by Crippen LogP contribution is 2.31. The van der Waals surface area contributed by atoms with Gasteiger partial charge >= 0.3 is 0 Å². The van der Waals surface area contributed by atoms with Crippen molar-refractivity contribution in [1.82, 2.24) is 14.5 Å². The Labute approximate surface area is 205 Å². The van der Waals surface area contributed by atoms with Crippen molar-refractivity contribution in [2.75, 3.05) is 46.6 Å². The van der Waals surface area contributed by atoms with E-state index in [2.05, 4.69) is 4.90 Å². The summed E-state index contributed by atoms with van der Waals surface area (Å²) in [5.41, 5.74) is 2.25. The zero-order valence-corrected chi connectivity index (χ0v) is 20.8. The number of imidazole rings is 1. The molecule has 0 aliphatic carbocycles. The molecule has 35 heavy (non-hydrogen) atoms. The third kappa shape index (κ3) is 6.38. The van der Waals surface area contributed by atoms with E-state index >= 15 is 0 Å². The van der Waals surface area contributed by atoms with E-state index in [1.54, 1.807) is 12.1 Å². The predicted molar refractivity (Wildman–Crippen MR) is 134 cm³/mol. The highest BCUT2D eigenvalue weighted by molar-refractivity contribution is 5.86. The summed E-state index contributed by atoms with van der Waals surface area (Å²) in [6.45, 7) is 9.36. The van der Waals surface area contributed by atoms with Crippen LogP contribution in [0.25, 0.3) is 22.4 Å². The number of carbonyl (C=O) groups is 1. The number of morpholine rings is 1. The number of hydrogen-bond acceptors (Lipinski definition) is 6. The van der Waals surface area contributed by atoms with E-state index in [1.165, 1.54) is 13.2 Å². The van der Waals surface area contributed by atoms with Crippen molar-refractivity contribution in [3.8, 4) is 22.9 Å². The third-order valence-corrected chi connectivity index (χ3v) is 6.09. The van der Waals surface area contributed by atoms with E-state index in [4.69, 9.17) is 19.2 Å². The number of carbonyl (C=O) groups excluding carboxylic acids is 1. The first-order chi connectivity index (χ1) is 16.9. The Morgan fingerprint density at radius 1 is 1.17 bits per heavy atom. The molecule has 1 aliphatic heterocycles. The van der Waals surface area contributed by atoms with Crippen LogP contribution >= 0.6 is 0 Å². The molecule has 0 N–H and O–H groups in total. The SMILES string of the molecule is COc1cc(-c2nc3cc(OCCCN4CCOCC4)ccc3n2CC(=O)CC(C)C)ccc1F. The summed E-state index contributed by atoms with van der Waals surface area (Å²) in [7, 11) is 1.43. The lowest BCUT2D eigenvalue weighted by atomic mass is 10.1. The van der Waals surface area contributed by atoms with Gasteiger partial charge in [0.15, 0.2) is 17.3 Å². The van der Waals surface area contributed by atoms with E-state index in [1.807, 2.05) is 36.6 Å². The number of rotatable bonds is 11. The highest BCUT2D eigenvalue weighted by atomic mass is 19.1. The number of aromatic nitrogens is 2. The lowest BCUT2D eigenvalue weighted by molar-refractivity contribution is -0.120. The normalized spacial score (nSPS) is 14.5. The van der Waals surface area contributed by atoms with Gasteiger partial charge in [-0.15, -0.1) is 0 Å². The van der Waals surface area contributed by atoms with E-state index in [0.717, 1.165) is 56.1 Å². The Hall–Kier alpha value is -2.97. The van der Waals surface area contributed by atoms with Gasteiger partial charge in [-0.05, 0) is 42.7 Å². The van der Waals surface area contributed by atoms with Crippen molar-refractivity contribution in [1.29, 1.82) is 0 Å². The fourth-order valence-electron chi connectivity index (χ4n) is 4.38. The van der Waals surface area contributed by atoms with Crippen LogP contribution in [0.4, 0.5) is 4.39 Å². The summed E-state index contributed by atoms with van der Waals surface area (Å²) >= 11 is 0. The molecular formula is C27H34FN3O4. The second kappa shape index (κ2) is 11.6. The van der Waals surface area contributed by atoms with Gasteiger partial charge in [0.2, 0.25) is 0 Å². The maximum Gasteiger partial charge on any atom is 0.165 e. The van der Waals surface area contributed by atoms with Crippen LogP contribution in [0, 0.1) is 11.7 Å². The molecule has 0 bridgehead atoms. The summed E-state index contributed by atoms with van der Waals surface area (Å²) in [6.07, 6.45) is 1.41. The van der Waals surface area contributed by atoms with Crippen LogP contribution in [0.5, 0.6) is 11.5 Å². The molecule has 8 heteroatoms. The van der Waals surface area contributed by atoms with Crippen molar-refractivity contribution < 1.29 is 23.4 Å². The molecule has 0 atom stereocenters. The van der Waals surface area contributed by atoms with Gasteiger partial charge in [0.05, 0.1) is 44.5 Å². The van der Waals surface area contributed by atoms with Gasteiger partial charge in [-0.25, -0.2) is 9.37 Å². The first-order valence-corrected chi connectivity index (χ1v) is 12.2. The van der Waals surface area contributed by atoms with Gasteiger partial charge in [0.1, 0.15) is 11.6 Å². The molecule has 0 radical (unpaired) electrons. The van der Waals surface area contributed by atoms with Gasteiger partial charge in [0.25, 0.3) is 0 Å². The minimum atomic E-state index is -0.442. The number of ether oxygens (including phenoxy) is 3. The monoisotopic (exact) mass is 483 g/mol. The average molecular weight is 484 g/mol. The standard InChI is InChI=1S/C27H34FN3O4/c1-19(2)15-21(32)18-31-25-8-6-22(35-12-4-9-30-10-13-34-14-11-30)17-24(25)29-27(31)20-5-7-23(28)26(16-20)33-3/h5-8,16-17,19H,4,9-15,18H2,1-3H3. The van der Waals surface area contributed by atoms with Crippen LogP contribution in [-0.4, -0.2) is 66.8 Å². The van der Waals surface area contributed by atoms with Crippen LogP contribution in [-0.2, 0) is 16.1 Å². The largest absolute Gasteiger partial charge is 0.494 e. The van der Waals surface area contributed by atoms with Crippen LogP contribution in [0.3, 0.4) is 0 Å². The lowest BCUT2D eigenvalue weighted by Crippen LogP contribution is -2.37. The number of fused-ring (bicyclic) bond motifs is 1. The summed E-state index contributed by atoms with van der Waals surface area (Å²) in [5, 5.41) is 0. The van der Waals surface area contributed by atoms with Crippen molar-refractivity contribution in [2.45, 2.75) is 33.2 Å². The molecule has 7 nitrogen and oxygen atoms in total. The predicted octanol–water partition coefficient (Wildman–Crippen LogP) is 4.57. The Kier molecular flexibility index (Phi) is 8.36. The van der Waals surface area contributed by atoms with Crippen molar-refractivity contribution in [3.05, 3.63) is 42.2 Å². The van der Waals surface area contributed by atoms with Gasteiger partial charge in [-0.3, -0.25) is 9.69 Å². The Bertz CT molecular complexity index is 1150. The first-order valence-electron chi connectivity index (χ1n) is 12.2. The molecule has 2 heterocycles. The molecule has 4 rings (SSSR count). The average Bonchev–Trinajstić information content (AvgIpc) is 3.19. The van der Waals surface area contributed by atoms with Gasteiger partial charge in [-0.1, -0.05) is 13.8 Å². The topological polar surface area (TPSA) is 65.8 Å². The Morgan fingerprint density at radius 3 is 2.71 bits per heavy atom. The number of methoxy groups -OCH3 is 1. The molecule has 1 aromatic heterocycles. The van der Waals surface area contributed by atoms with Crippen LogP contribution in [0.1, 0.15) is 26.7 Å². The maximum absolute atomic E-state index is 14.0. The summed E-state index contributed by atoms with van der Waals surface area (Å²) in [6, 6.07) is 10.4. The molecule has 0 spiro atoms. The molecule has 1 saturated heterocycles. The molecule has 0 saturated carbocycles. The zero-order chi connectivity index (χ0) is 24.8. The smallest absolute Gasteiger partial charge is 0.165 e. The van der Waals surface area contributed by atoms with E-state index in [0.29, 0.717) is 24.4 Å². The Morgan fingerprint density at radius 2 is 1.97 bits per heavy atom. The number of Topliss-reactive ketones (excluding diaryl/α,β-unsaturated/α-hetero) is 1. The quantitative estimate of drug-likeness (QED) is 0.373. The molecule has 0 unspecified atom stereocenters. The highest BCUT2D eigenvalue weighted by Gasteiger charge is 2.18. The minimum absolute atomic E-state index is 0.123. The second-order valence-corrected chi connectivity index (χ2v) is 9.31. The van der Waals surface area contributed by atoms with Gasteiger partial charge in [-0.2, -0.15) is 0 Å². The fourth-order valence-corrected chi connectivity index (χ4v) is 4.38. The maximum atomic E-state index is 14.0. The van der Waals surface area contributed by atoms with Crippen LogP contribution in [0.2, 0.25) is 0 Å². The zero-order valence-electron chi connectivity index (χ0n) is 20.8. The van der Waals surface area contributed by atoms with E-state index in [-0.39, 0.29) is 24.0 Å². The number of ketones is 1. The lowest BCUT2D eigenvalue weighted by Gasteiger charge is -2.26. The third-order valence-electron chi connectivity index (χ3n) is 6.09. The van der Waals surface area contributed by atoms with Crippen molar-refractivity contribution >= 4 is 16.8 Å². The second-order valence-electron chi connectivity index (χ2n) is 9.31. The van der Waals surface area contributed by atoms with Crippen molar-refractivity contribution in [3.63, 3.8) is 0 Å². The number of hydrogen-bond donors (Lipinski definition) is 0. The number of halogens is 1. The molecule has 3 aromatic rings. The van der Waals surface area contributed by atoms with Gasteiger partial charge < -0.3 is 18.8 Å². The minimum Gasteiger partial charge on any atom is -0.494 e. The Balaban J connectivity index is 1.56. The molecule has 1 fully saturated rings. The van der Waals surface area contributed by atoms with E-state index < -0.39 is 5.82 Å². The number of benzene rings is 2. The molecule has 2 aromatic carbocycles. The summed E-state index contributed by atoms with van der Waals surface area (Å²) < 4.78 is 32.5. The molecule has 188 valence electrons. The number of nitrogens with zero attached hydrogens (tertiary/aromatic N) is 3. The molecule has 1 aliphatic rings. The molecule has 0 amide bonds.